The Morgan fingerprint density at radius 2 is 1.12 bits per heavy atom. The number of hydrogen-bond donors (Lipinski definition) is 16. The van der Waals surface area contributed by atoms with E-state index in [-0.39, 0.29) is 47.2 Å². The van der Waals surface area contributed by atoms with Gasteiger partial charge in [-0.1, -0.05) is 53.2 Å². The van der Waals surface area contributed by atoms with Gasteiger partial charge in [0.05, 0.1) is 50.7 Å². The van der Waals surface area contributed by atoms with Crippen LogP contribution in [0.2, 0.25) is 0 Å². The molecular formula is C59H96O27. The summed E-state index contributed by atoms with van der Waals surface area (Å²) < 4.78 is 58.7. The number of carbonyl (C=O) groups is 1. The summed E-state index contributed by atoms with van der Waals surface area (Å²) in [4.78, 5) is 15.2. The lowest BCUT2D eigenvalue weighted by Gasteiger charge is -2.71. The fourth-order valence-corrected chi connectivity index (χ4v) is 17.6. The zero-order valence-electron chi connectivity index (χ0n) is 50.0. The van der Waals surface area contributed by atoms with Crippen LogP contribution in [0, 0.1) is 50.2 Å². The van der Waals surface area contributed by atoms with Crippen LogP contribution in [0.25, 0.3) is 0 Å². The van der Waals surface area contributed by atoms with E-state index in [1.54, 1.807) is 0 Å². The first kappa shape index (κ1) is 67.1. The maximum Gasteiger partial charge on any atom is 0.315 e. The quantitative estimate of drug-likeness (QED) is 0.0454. The number of aliphatic hydroxyl groups is 16. The third-order valence-corrected chi connectivity index (χ3v) is 23.2. The molecule has 5 heterocycles. The van der Waals surface area contributed by atoms with E-state index in [4.69, 9.17) is 47.4 Å². The van der Waals surface area contributed by atoms with Crippen molar-refractivity contribution in [2.45, 2.75) is 266 Å². The van der Waals surface area contributed by atoms with Crippen molar-refractivity contribution in [1.82, 2.24) is 0 Å². The molecule has 0 bridgehead atoms. The molecule has 10 aliphatic rings. The molecule has 27 heteroatoms. The van der Waals surface area contributed by atoms with Crippen LogP contribution in [-0.2, 0) is 52.2 Å². The van der Waals surface area contributed by atoms with Gasteiger partial charge in [0.15, 0.2) is 25.2 Å². The van der Waals surface area contributed by atoms with Gasteiger partial charge >= 0.3 is 5.97 Å². The van der Waals surface area contributed by atoms with E-state index in [2.05, 4.69) is 40.7 Å². The number of fused-ring (bicyclic) bond motifs is 7. The first-order valence-corrected chi connectivity index (χ1v) is 30.8. The zero-order chi connectivity index (χ0) is 62.7. The molecule has 5 aliphatic heterocycles. The summed E-state index contributed by atoms with van der Waals surface area (Å²) in [5, 5.41) is 173. The minimum atomic E-state index is -1.91. The van der Waals surface area contributed by atoms with Crippen molar-refractivity contribution in [3.63, 3.8) is 0 Å². The van der Waals surface area contributed by atoms with Crippen LogP contribution in [0.3, 0.4) is 0 Å². The van der Waals surface area contributed by atoms with Gasteiger partial charge in [-0.25, -0.2) is 0 Å². The molecule has 9 fully saturated rings. The molecule has 0 aromatic heterocycles. The Hall–Kier alpha value is -1.79. The van der Waals surface area contributed by atoms with Gasteiger partial charge in [-0.15, -0.1) is 0 Å². The Morgan fingerprint density at radius 1 is 0.558 bits per heavy atom. The van der Waals surface area contributed by atoms with Gasteiger partial charge in [0.1, 0.15) is 110 Å². The molecule has 27 nitrogen and oxygen atoms in total. The Balaban J connectivity index is 0.820. The van der Waals surface area contributed by atoms with Crippen molar-refractivity contribution < 1.29 is 134 Å². The van der Waals surface area contributed by atoms with Crippen molar-refractivity contribution >= 4 is 5.97 Å². The lowest BCUT2D eigenvalue weighted by molar-refractivity contribution is -0.362. The Bertz CT molecular complexity index is 2380. The van der Waals surface area contributed by atoms with Gasteiger partial charge in [0.2, 0.25) is 6.29 Å². The van der Waals surface area contributed by atoms with Crippen molar-refractivity contribution in [2.75, 3.05) is 33.0 Å². The lowest BCUT2D eigenvalue weighted by atomic mass is 9.33. The van der Waals surface area contributed by atoms with Gasteiger partial charge < -0.3 is 129 Å². The number of carbonyl (C=O) groups excluding carboxylic acids is 1. The Morgan fingerprint density at radius 3 is 1.77 bits per heavy atom. The first-order valence-electron chi connectivity index (χ1n) is 30.8. The monoisotopic (exact) mass is 1240 g/mol. The van der Waals surface area contributed by atoms with Crippen molar-refractivity contribution in [1.29, 1.82) is 0 Å². The van der Waals surface area contributed by atoms with Crippen LogP contribution < -0.4 is 0 Å². The Kier molecular flexibility index (Phi) is 19.4. The van der Waals surface area contributed by atoms with E-state index in [0.29, 0.717) is 57.8 Å². The Labute approximate surface area is 499 Å². The highest BCUT2D eigenvalue weighted by Crippen LogP contribution is 2.76. The summed E-state index contributed by atoms with van der Waals surface area (Å²) in [7, 11) is 0. The third-order valence-electron chi connectivity index (χ3n) is 23.2. The topological polar surface area (TPSA) is 433 Å². The largest absolute Gasteiger partial charge is 0.432 e. The standard InChI is InChI=1S/C59H96O27/c1-24-34(64)37(67)42(72)50(79-24)85-47-28(19-60)80-48(44(74)39(47)69)78-22-30-36(66)38(68)43(73)52(82-30)86-53(76)59-16-14-54(2,3)18-26(59)25-8-9-32-55(4)12-11-33(56(5,23-62)31(55)10-13-58(32,7)57(25,6)15-17-59)83-51-45(75)40(70)46(29(20-61)81-51)84-49-41(71)35(65)27(63)21-77-49/h8,24,26-52,60-75H,9-23H2,1-7H3. The van der Waals surface area contributed by atoms with E-state index in [1.807, 2.05) is 6.92 Å². The minimum Gasteiger partial charge on any atom is -0.432 e. The summed E-state index contributed by atoms with van der Waals surface area (Å²) in [6.07, 6.45) is -31.0. The number of aliphatic hydroxyl groups excluding tert-OH is 16. The first-order chi connectivity index (χ1) is 40.4. The van der Waals surface area contributed by atoms with Crippen molar-refractivity contribution in [3.05, 3.63) is 11.6 Å². The second-order valence-corrected chi connectivity index (χ2v) is 28.5. The predicted octanol–water partition coefficient (Wildman–Crippen LogP) is -3.57. The highest BCUT2D eigenvalue weighted by Gasteiger charge is 2.71. The number of hydrogen-bond acceptors (Lipinski definition) is 27. The zero-order valence-corrected chi connectivity index (χ0v) is 50.0. The molecule has 0 aromatic rings. The maximum absolute atomic E-state index is 15.2. The van der Waals surface area contributed by atoms with Crippen LogP contribution in [0.5, 0.6) is 0 Å². The molecule has 0 radical (unpaired) electrons. The molecule has 33 unspecified atom stereocenters. The molecule has 494 valence electrons. The fourth-order valence-electron chi connectivity index (χ4n) is 17.6. The summed E-state index contributed by atoms with van der Waals surface area (Å²) in [5.41, 5.74) is -2.06. The third kappa shape index (κ3) is 11.2. The molecule has 0 aromatic carbocycles. The smallest absolute Gasteiger partial charge is 0.315 e. The second kappa shape index (κ2) is 24.9. The number of ether oxygens (including phenoxy) is 10. The molecule has 33 atom stereocenters. The van der Waals surface area contributed by atoms with E-state index in [1.165, 1.54) is 12.5 Å². The average Bonchev–Trinajstić information content (AvgIpc) is 0.680. The average molecular weight is 1240 g/mol. The highest BCUT2D eigenvalue weighted by atomic mass is 16.8. The van der Waals surface area contributed by atoms with Crippen LogP contribution in [0.15, 0.2) is 11.6 Å². The molecule has 4 saturated carbocycles. The molecule has 16 N–H and O–H groups in total. The molecule has 0 spiro atoms. The lowest BCUT2D eigenvalue weighted by Crippen LogP contribution is -2.67. The summed E-state index contributed by atoms with van der Waals surface area (Å²) >= 11 is 0. The SMILES string of the molecule is CC1OC(OC2C(CO)OC(OCC3OC(OC(=O)C45CCC(C)(C)CC4C4=CCC6C7(C)CCC(OC8OC(CO)C(OC9OCC(O)C(O)C9O)C(O)C8O)C(C)(CO)C7CCC6(C)C4(C)CC5)C(O)C(O)C3O)C(O)C2O)C(O)C(O)C1O. The fraction of sp³-hybridized carbons (Fsp3) is 0.949. The van der Waals surface area contributed by atoms with Crippen LogP contribution in [0.4, 0.5) is 0 Å². The van der Waals surface area contributed by atoms with E-state index >= 15 is 4.79 Å². The van der Waals surface area contributed by atoms with Crippen molar-refractivity contribution in [2.24, 2.45) is 50.2 Å². The number of rotatable bonds is 14. The van der Waals surface area contributed by atoms with Gasteiger partial charge in [0.25, 0.3) is 0 Å². The van der Waals surface area contributed by atoms with E-state index in [0.717, 1.165) is 6.42 Å². The molecular weight excluding hydrogens is 1140 g/mol. The van der Waals surface area contributed by atoms with Gasteiger partial charge in [-0.2, -0.15) is 0 Å². The summed E-state index contributed by atoms with van der Waals surface area (Å²) in [6, 6.07) is 0. The summed E-state index contributed by atoms with van der Waals surface area (Å²) in [6.45, 7) is 11.9. The second-order valence-electron chi connectivity index (χ2n) is 28.5. The normalized spacial score (nSPS) is 54.8. The molecule has 5 saturated heterocycles. The van der Waals surface area contributed by atoms with Gasteiger partial charge in [0, 0.05) is 5.41 Å². The van der Waals surface area contributed by atoms with Crippen LogP contribution in [0.1, 0.15) is 113 Å². The highest BCUT2D eigenvalue weighted by molar-refractivity contribution is 5.79. The number of allylic oxidation sites excluding steroid dienone is 2. The minimum absolute atomic E-state index is 0.0970. The molecule has 86 heavy (non-hydrogen) atoms. The van der Waals surface area contributed by atoms with Crippen LogP contribution in [-0.4, -0.2) is 274 Å². The van der Waals surface area contributed by atoms with E-state index in [9.17, 15) is 81.7 Å². The maximum atomic E-state index is 15.2. The van der Waals surface area contributed by atoms with E-state index < -0.39 is 196 Å². The predicted molar refractivity (Wildman–Crippen MR) is 289 cm³/mol. The summed E-state index contributed by atoms with van der Waals surface area (Å²) in [5.74, 6) is -0.930. The number of esters is 1. The molecule has 0 amide bonds. The van der Waals surface area contributed by atoms with Crippen LogP contribution >= 0.6 is 0 Å². The van der Waals surface area contributed by atoms with Gasteiger partial charge in [-0.3, -0.25) is 4.79 Å². The van der Waals surface area contributed by atoms with Crippen molar-refractivity contribution in [3.8, 4) is 0 Å². The van der Waals surface area contributed by atoms with Gasteiger partial charge in [-0.05, 0) is 111 Å². The molecule has 5 aliphatic carbocycles. The molecule has 10 rings (SSSR count).